The van der Waals surface area contributed by atoms with Crippen LogP contribution < -0.4 is 5.32 Å². The highest BCUT2D eigenvalue weighted by Crippen LogP contribution is 2.59. The highest BCUT2D eigenvalue weighted by Gasteiger charge is 2.75. The minimum Gasteiger partial charge on any atom is -0.460 e. The summed E-state index contributed by atoms with van der Waals surface area (Å²) in [7, 11) is 0. The number of fused-ring (bicyclic) bond motifs is 2. The lowest BCUT2D eigenvalue weighted by Crippen LogP contribution is -2.60. The van der Waals surface area contributed by atoms with Gasteiger partial charge in [-0.2, -0.15) is 0 Å². The quantitative estimate of drug-likeness (QED) is 0.205. The van der Waals surface area contributed by atoms with Crippen LogP contribution in [-0.4, -0.2) is 103 Å². The molecule has 13 nitrogen and oxygen atoms in total. The summed E-state index contributed by atoms with van der Waals surface area (Å²) in [5.74, 6) is -3.60. The molecule has 3 aliphatic heterocycles. The Morgan fingerprint density at radius 2 is 2.02 bits per heavy atom. The zero-order valence-corrected chi connectivity index (χ0v) is 27.4. The van der Waals surface area contributed by atoms with Gasteiger partial charge in [-0.05, 0) is 44.2 Å². The van der Waals surface area contributed by atoms with Gasteiger partial charge >= 0.3 is 5.97 Å². The molecule has 47 heavy (non-hydrogen) atoms. The highest BCUT2D eigenvalue weighted by molar-refractivity contribution is 5.98. The van der Waals surface area contributed by atoms with Crippen LogP contribution in [0.1, 0.15) is 52.9 Å². The van der Waals surface area contributed by atoms with Crippen molar-refractivity contribution < 1.29 is 33.8 Å². The summed E-state index contributed by atoms with van der Waals surface area (Å²) < 4.78 is 14.0. The van der Waals surface area contributed by atoms with Crippen LogP contribution in [0, 0.1) is 17.8 Å². The van der Waals surface area contributed by atoms with E-state index in [2.05, 4.69) is 28.8 Å². The minimum atomic E-state index is -1.28. The Morgan fingerprint density at radius 1 is 1.26 bits per heavy atom. The average molecular weight is 651 g/mol. The normalized spacial score (nSPS) is 26.5. The van der Waals surface area contributed by atoms with Crippen molar-refractivity contribution >= 4 is 34.7 Å². The van der Waals surface area contributed by atoms with Crippen molar-refractivity contribution in [3.8, 4) is 0 Å². The topological polar surface area (TPSA) is 156 Å². The number of carbonyl (C=O) groups excluding carboxylic acids is 4. The van der Waals surface area contributed by atoms with Crippen molar-refractivity contribution in [1.82, 2.24) is 30.1 Å². The van der Waals surface area contributed by atoms with Crippen LogP contribution >= 0.6 is 0 Å². The number of nitrogens with one attached hydrogen (secondary N) is 1. The molecule has 1 aromatic heterocycles. The Kier molecular flexibility index (Phi) is 10.5. The molecule has 0 aliphatic carbocycles. The van der Waals surface area contributed by atoms with E-state index in [1.165, 1.54) is 4.90 Å². The predicted octanol–water partition coefficient (Wildman–Crippen LogP) is 2.20. The molecule has 5 rings (SSSR count). The van der Waals surface area contributed by atoms with E-state index < -0.39 is 53.6 Å². The number of aliphatic hydroxyl groups is 1. The number of aliphatic hydroxyl groups excluding tert-OH is 1. The Hall–Kier alpha value is -4.10. The molecule has 13 heteroatoms. The third kappa shape index (κ3) is 6.30. The summed E-state index contributed by atoms with van der Waals surface area (Å²) in [6.45, 7) is 13.0. The molecule has 1 aromatic carbocycles. The zero-order valence-electron chi connectivity index (χ0n) is 27.4. The van der Waals surface area contributed by atoms with E-state index in [0.29, 0.717) is 31.2 Å². The number of carbonyl (C=O) groups is 4. The first-order valence-corrected chi connectivity index (χ1v) is 16.5. The molecule has 2 bridgehead atoms. The van der Waals surface area contributed by atoms with Gasteiger partial charge in [-0.15, -0.1) is 18.3 Å². The van der Waals surface area contributed by atoms with Gasteiger partial charge in [0, 0.05) is 13.0 Å². The lowest BCUT2D eigenvalue weighted by molar-refractivity contribution is -0.160. The lowest BCUT2D eigenvalue weighted by Gasteiger charge is -2.40. The van der Waals surface area contributed by atoms with Crippen LogP contribution in [0.3, 0.4) is 0 Å². The smallest absolute Gasteiger partial charge is 0.312 e. The first kappa shape index (κ1) is 34.2. The van der Waals surface area contributed by atoms with Gasteiger partial charge in [-0.3, -0.25) is 19.2 Å². The number of para-hydroxylation sites is 1. The van der Waals surface area contributed by atoms with E-state index in [1.807, 2.05) is 38.1 Å². The number of allylic oxidation sites excluding steroid dienone is 1. The second kappa shape index (κ2) is 14.3. The summed E-state index contributed by atoms with van der Waals surface area (Å²) >= 11 is 0. The number of likely N-dealkylation sites (tertiary alicyclic amines) is 1. The molecular formula is C34H46N6O7. The Balaban J connectivity index is 1.45. The number of amides is 3. The van der Waals surface area contributed by atoms with Crippen LogP contribution in [0.5, 0.6) is 0 Å². The fourth-order valence-electron chi connectivity index (χ4n) is 7.44. The minimum absolute atomic E-state index is 0.0443. The first-order chi connectivity index (χ1) is 22.6. The van der Waals surface area contributed by atoms with Crippen LogP contribution in [0.2, 0.25) is 0 Å². The van der Waals surface area contributed by atoms with E-state index in [1.54, 1.807) is 28.7 Å². The van der Waals surface area contributed by atoms with Crippen LogP contribution in [0.25, 0.3) is 11.0 Å². The Bertz CT molecular complexity index is 1510. The number of benzene rings is 1. The van der Waals surface area contributed by atoms with Crippen molar-refractivity contribution in [2.75, 3.05) is 19.7 Å². The number of ether oxygens (including phenoxy) is 2. The SMILES string of the molecule is C=CCCC(=O)NC[C@H](C)OC(=O)[C@@H]1[C@H]2C(=O)N([C@@H](CO)[C@@H](C)CC)[C@H](C(=O)N(CC=C)Cn3nnc4ccccc43)[C@]23CC[C@H]1O3. The molecule has 1 spiro atoms. The van der Waals surface area contributed by atoms with Crippen molar-refractivity contribution in [2.45, 2.75) is 89.4 Å². The molecule has 4 heterocycles. The van der Waals surface area contributed by atoms with Gasteiger partial charge in [0.25, 0.3) is 0 Å². The number of hydrogen-bond donors (Lipinski definition) is 2. The standard InChI is InChI=1S/C34H46N6O7/c1-6-9-14-27(42)35-18-22(5)46-33(45)28-26-15-16-34(47-26)29(28)31(43)40(25(19-41)21(4)8-3)30(34)32(44)38(17-7-2)20-39-24-13-11-10-12-23(24)36-37-39/h6-7,10-13,21-22,25-26,28-30,41H,1-2,8-9,14-20H2,3-5H3,(H,35,42)/t21-,22-,25-,26+,28-,29-,30+,34-/m0/s1. The molecule has 8 atom stereocenters. The monoisotopic (exact) mass is 650 g/mol. The fraction of sp³-hybridized carbons (Fsp3) is 0.588. The Labute approximate surface area is 274 Å². The van der Waals surface area contributed by atoms with Gasteiger partial charge in [0.1, 0.15) is 29.9 Å². The van der Waals surface area contributed by atoms with E-state index in [4.69, 9.17) is 9.47 Å². The fourth-order valence-corrected chi connectivity index (χ4v) is 7.44. The number of aromatic nitrogens is 3. The van der Waals surface area contributed by atoms with E-state index in [9.17, 15) is 24.3 Å². The maximum absolute atomic E-state index is 14.8. The van der Waals surface area contributed by atoms with Crippen LogP contribution in [0.4, 0.5) is 0 Å². The number of nitrogens with zero attached hydrogens (tertiary/aromatic N) is 5. The largest absolute Gasteiger partial charge is 0.460 e. The highest BCUT2D eigenvalue weighted by atomic mass is 16.6. The first-order valence-electron chi connectivity index (χ1n) is 16.5. The molecule has 254 valence electrons. The summed E-state index contributed by atoms with van der Waals surface area (Å²) in [6.07, 6.45) is 4.34. The van der Waals surface area contributed by atoms with E-state index in [-0.39, 0.29) is 50.5 Å². The van der Waals surface area contributed by atoms with Gasteiger partial charge in [-0.25, -0.2) is 4.68 Å². The molecule has 0 saturated carbocycles. The maximum atomic E-state index is 14.8. The third-order valence-corrected chi connectivity index (χ3v) is 9.95. The summed E-state index contributed by atoms with van der Waals surface area (Å²) in [5, 5.41) is 21.9. The van der Waals surface area contributed by atoms with Crippen molar-refractivity contribution in [2.24, 2.45) is 17.8 Å². The van der Waals surface area contributed by atoms with E-state index >= 15 is 0 Å². The molecule has 3 amide bonds. The average Bonchev–Trinajstić information content (AvgIpc) is 3.82. The number of esters is 1. The van der Waals surface area contributed by atoms with Crippen molar-refractivity contribution in [3.05, 3.63) is 49.6 Å². The number of hydrogen-bond acceptors (Lipinski definition) is 9. The third-order valence-electron chi connectivity index (χ3n) is 9.95. The number of rotatable bonds is 16. The Morgan fingerprint density at radius 3 is 2.72 bits per heavy atom. The second-order valence-corrected chi connectivity index (χ2v) is 12.9. The molecule has 0 unspecified atom stereocenters. The van der Waals surface area contributed by atoms with Crippen molar-refractivity contribution in [3.63, 3.8) is 0 Å². The summed E-state index contributed by atoms with van der Waals surface area (Å²) in [4.78, 5) is 58.2. The molecule has 3 aliphatic rings. The van der Waals surface area contributed by atoms with Gasteiger partial charge in [0.2, 0.25) is 17.7 Å². The van der Waals surface area contributed by atoms with Crippen LogP contribution in [0.15, 0.2) is 49.6 Å². The molecule has 2 N–H and O–H groups in total. The maximum Gasteiger partial charge on any atom is 0.312 e. The molecular weight excluding hydrogens is 604 g/mol. The van der Waals surface area contributed by atoms with Crippen molar-refractivity contribution in [1.29, 1.82) is 0 Å². The molecule has 0 radical (unpaired) electrons. The molecule has 3 saturated heterocycles. The van der Waals surface area contributed by atoms with Gasteiger partial charge in [0.15, 0.2) is 0 Å². The molecule has 3 fully saturated rings. The van der Waals surface area contributed by atoms with E-state index in [0.717, 1.165) is 5.52 Å². The van der Waals surface area contributed by atoms with Gasteiger partial charge < -0.3 is 29.7 Å². The van der Waals surface area contributed by atoms with Gasteiger partial charge in [0.05, 0.1) is 42.6 Å². The predicted molar refractivity (Wildman–Crippen MR) is 172 cm³/mol. The zero-order chi connectivity index (χ0) is 33.9. The molecule has 2 aromatic rings. The summed E-state index contributed by atoms with van der Waals surface area (Å²) in [5.41, 5.74) is 0.135. The lowest BCUT2D eigenvalue weighted by atomic mass is 9.70. The summed E-state index contributed by atoms with van der Waals surface area (Å²) in [6, 6.07) is 5.65. The second-order valence-electron chi connectivity index (χ2n) is 12.9. The van der Waals surface area contributed by atoms with Crippen LogP contribution in [-0.2, 0) is 35.3 Å². The van der Waals surface area contributed by atoms with Gasteiger partial charge in [-0.1, -0.05) is 49.8 Å².